The molecule has 3 aromatic carbocycles. The molecule has 8 heteroatoms. The van der Waals surface area contributed by atoms with Crippen LogP contribution in [0.2, 0.25) is 0 Å². The minimum absolute atomic E-state index is 0.135. The standard InChI is InChI=1S/C25H21F2N3O3/c1-25(19-12-15(26)10-11-20(19)27)23(32)30(24(33)28-25)14-16(31)13-29-21-8-4-2-6-17(21)18-7-3-5-9-22(18)29/h2-12,16,31H,13-14H2,1H3,(H,28,33)/t16-,25+/m0/s1. The Balaban J connectivity index is 1.43. The summed E-state index contributed by atoms with van der Waals surface area (Å²) in [6.45, 7) is 1.17. The number of urea groups is 1. The van der Waals surface area contributed by atoms with Gasteiger partial charge in [-0.3, -0.25) is 9.69 Å². The molecule has 1 aliphatic heterocycles. The number of para-hydroxylation sites is 2. The maximum absolute atomic E-state index is 14.4. The molecule has 2 atom stereocenters. The summed E-state index contributed by atoms with van der Waals surface area (Å²) in [6, 6.07) is 17.5. The quantitative estimate of drug-likeness (QED) is 0.454. The smallest absolute Gasteiger partial charge is 0.325 e. The predicted octanol–water partition coefficient (Wildman–Crippen LogP) is 3.90. The third-order valence-corrected chi connectivity index (χ3v) is 6.21. The van der Waals surface area contributed by atoms with Crippen molar-refractivity contribution in [3.05, 3.63) is 83.9 Å². The Bertz CT molecular complexity index is 1360. The molecule has 1 fully saturated rings. The summed E-state index contributed by atoms with van der Waals surface area (Å²) >= 11 is 0. The number of carbonyl (C=O) groups excluding carboxylic acids is 2. The van der Waals surface area contributed by atoms with Crippen molar-refractivity contribution in [2.75, 3.05) is 6.54 Å². The SMILES string of the molecule is C[C@]1(c2cc(F)ccc2F)NC(=O)N(C[C@@H](O)Cn2c3ccccc3c3ccccc32)C1=O. The van der Waals surface area contributed by atoms with Crippen molar-refractivity contribution in [1.82, 2.24) is 14.8 Å². The molecule has 4 aromatic rings. The summed E-state index contributed by atoms with van der Waals surface area (Å²) in [7, 11) is 0. The lowest BCUT2D eigenvalue weighted by atomic mass is 9.91. The van der Waals surface area contributed by atoms with E-state index in [0.29, 0.717) is 0 Å². The Morgan fingerprint density at radius 2 is 1.55 bits per heavy atom. The van der Waals surface area contributed by atoms with Gasteiger partial charge in [0.25, 0.3) is 5.91 Å². The molecule has 0 spiro atoms. The molecule has 3 amide bonds. The van der Waals surface area contributed by atoms with E-state index in [0.717, 1.165) is 44.9 Å². The van der Waals surface area contributed by atoms with Gasteiger partial charge in [-0.15, -0.1) is 0 Å². The molecule has 1 aliphatic rings. The lowest BCUT2D eigenvalue weighted by Gasteiger charge is -2.24. The largest absolute Gasteiger partial charge is 0.389 e. The van der Waals surface area contributed by atoms with Crippen molar-refractivity contribution in [1.29, 1.82) is 0 Å². The first-order valence-electron chi connectivity index (χ1n) is 10.5. The van der Waals surface area contributed by atoms with Crippen LogP contribution < -0.4 is 5.32 Å². The number of carbonyl (C=O) groups is 2. The number of nitrogens with zero attached hydrogens (tertiary/aromatic N) is 2. The minimum atomic E-state index is -1.77. The molecule has 33 heavy (non-hydrogen) atoms. The zero-order valence-corrected chi connectivity index (χ0v) is 17.8. The van der Waals surface area contributed by atoms with E-state index in [2.05, 4.69) is 5.32 Å². The van der Waals surface area contributed by atoms with Gasteiger partial charge < -0.3 is 15.0 Å². The molecule has 6 nitrogen and oxygen atoms in total. The Hall–Kier alpha value is -3.78. The molecule has 5 rings (SSSR count). The molecular weight excluding hydrogens is 428 g/mol. The molecule has 0 saturated carbocycles. The van der Waals surface area contributed by atoms with Crippen molar-refractivity contribution in [3.63, 3.8) is 0 Å². The summed E-state index contributed by atoms with van der Waals surface area (Å²) in [6.07, 6.45) is -1.08. The van der Waals surface area contributed by atoms with Crippen LogP contribution in [0.1, 0.15) is 12.5 Å². The van der Waals surface area contributed by atoms with Crippen LogP contribution in [0.5, 0.6) is 0 Å². The van der Waals surface area contributed by atoms with Gasteiger partial charge in [0.05, 0.1) is 19.2 Å². The molecule has 1 saturated heterocycles. The lowest BCUT2D eigenvalue weighted by molar-refractivity contribution is -0.132. The lowest BCUT2D eigenvalue weighted by Crippen LogP contribution is -2.43. The van der Waals surface area contributed by atoms with Crippen molar-refractivity contribution >= 4 is 33.7 Å². The van der Waals surface area contributed by atoms with E-state index >= 15 is 0 Å². The van der Waals surface area contributed by atoms with E-state index in [-0.39, 0.29) is 18.7 Å². The highest BCUT2D eigenvalue weighted by atomic mass is 19.1. The summed E-state index contributed by atoms with van der Waals surface area (Å²) in [5.41, 5.74) is -0.195. The van der Waals surface area contributed by atoms with E-state index in [9.17, 15) is 23.5 Å². The number of hydrogen-bond acceptors (Lipinski definition) is 3. The first-order valence-corrected chi connectivity index (χ1v) is 10.5. The maximum atomic E-state index is 14.4. The van der Waals surface area contributed by atoms with E-state index < -0.39 is 35.2 Å². The number of hydrogen-bond donors (Lipinski definition) is 2. The van der Waals surface area contributed by atoms with Crippen molar-refractivity contribution in [2.24, 2.45) is 0 Å². The Morgan fingerprint density at radius 3 is 2.18 bits per heavy atom. The second-order valence-corrected chi connectivity index (χ2v) is 8.39. The summed E-state index contributed by atoms with van der Waals surface area (Å²) in [5.74, 6) is -2.28. The number of β-amino-alcohol motifs (C(OH)–C–C–N with tert-alkyl or cyclic N) is 1. The first kappa shape index (κ1) is 21.1. The van der Waals surface area contributed by atoms with Crippen LogP contribution in [0, 0.1) is 11.6 Å². The zero-order chi connectivity index (χ0) is 23.3. The third-order valence-electron chi connectivity index (χ3n) is 6.21. The number of rotatable bonds is 5. The topological polar surface area (TPSA) is 74.6 Å². The summed E-state index contributed by atoms with van der Waals surface area (Å²) in [4.78, 5) is 26.5. The number of aromatic nitrogens is 1. The molecule has 1 aromatic heterocycles. The van der Waals surface area contributed by atoms with Gasteiger partial charge in [0.1, 0.15) is 17.2 Å². The predicted molar refractivity (Wildman–Crippen MR) is 119 cm³/mol. The van der Waals surface area contributed by atoms with Gasteiger partial charge in [-0.2, -0.15) is 0 Å². The van der Waals surface area contributed by atoms with Gasteiger partial charge in [-0.1, -0.05) is 36.4 Å². The molecule has 2 N–H and O–H groups in total. The van der Waals surface area contributed by atoms with E-state index in [1.54, 1.807) is 0 Å². The van der Waals surface area contributed by atoms with Crippen molar-refractivity contribution in [2.45, 2.75) is 25.1 Å². The maximum Gasteiger partial charge on any atom is 0.325 e. The third kappa shape index (κ3) is 3.34. The zero-order valence-electron chi connectivity index (χ0n) is 17.8. The Morgan fingerprint density at radius 1 is 0.939 bits per heavy atom. The first-order chi connectivity index (χ1) is 15.8. The number of amides is 3. The fourth-order valence-electron chi connectivity index (χ4n) is 4.61. The Kier molecular flexibility index (Phi) is 4.90. The molecule has 0 aliphatic carbocycles. The van der Waals surface area contributed by atoms with Crippen LogP contribution in [0.15, 0.2) is 66.7 Å². The van der Waals surface area contributed by atoms with Crippen LogP contribution in [-0.4, -0.2) is 39.2 Å². The van der Waals surface area contributed by atoms with Crippen LogP contribution in [0.4, 0.5) is 13.6 Å². The summed E-state index contributed by atoms with van der Waals surface area (Å²) < 4.78 is 30.0. The average molecular weight is 449 g/mol. The number of aliphatic hydroxyl groups excluding tert-OH is 1. The van der Waals surface area contributed by atoms with Gasteiger partial charge in [0, 0.05) is 27.4 Å². The normalized spacial score (nSPS) is 19.5. The monoisotopic (exact) mass is 449 g/mol. The minimum Gasteiger partial charge on any atom is -0.389 e. The van der Waals surface area contributed by atoms with Gasteiger partial charge in [-0.25, -0.2) is 13.6 Å². The second kappa shape index (κ2) is 7.67. The van der Waals surface area contributed by atoms with Crippen molar-refractivity contribution < 1.29 is 23.5 Å². The highest BCUT2D eigenvalue weighted by molar-refractivity contribution is 6.08. The molecule has 0 bridgehead atoms. The van der Waals surface area contributed by atoms with Crippen LogP contribution in [0.25, 0.3) is 21.8 Å². The van der Waals surface area contributed by atoms with Crippen molar-refractivity contribution in [3.8, 4) is 0 Å². The fourth-order valence-corrected chi connectivity index (χ4v) is 4.61. The molecule has 0 radical (unpaired) electrons. The molecule has 0 unspecified atom stereocenters. The highest BCUT2D eigenvalue weighted by Crippen LogP contribution is 2.32. The second-order valence-electron chi connectivity index (χ2n) is 8.39. The Labute approximate surface area is 188 Å². The highest BCUT2D eigenvalue weighted by Gasteiger charge is 2.50. The van der Waals surface area contributed by atoms with Gasteiger partial charge in [0.2, 0.25) is 0 Å². The van der Waals surface area contributed by atoms with Gasteiger partial charge in [0.15, 0.2) is 0 Å². The molecular formula is C25H21F2N3O3. The fraction of sp³-hybridized carbons (Fsp3) is 0.200. The van der Waals surface area contributed by atoms with Gasteiger partial charge in [-0.05, 0) is 37.3 Å². The number of halogens is 2. The van der Waals surface area contributed by atoms with Crippen LogP contribution in [0.3, 0.4) is 0 Å². The number of aliphatic hydroxyl groups is 1. The van der Waals surface area contributed by atoms with Gasteiger partial charge >= 0.3 is 6.03 Å². The molecule has 168 valence electrons. The molecule has 2 heterocycles. The van der Waals surface area contributed by atoms with Crippen LogP contribution in [-0.2, 0) is 16.9 Å². The van der Waals surface area contributed by atoms with E-state index in [1.165, 1.54) is 6.92 Å². The number of imide groups is 1. The van der Waals surface area contributed by atoms with E-state index in [4.69, 9.17) is 0 Å². The number of fused-ring (bicyclic) bond motifs is 3. The number of benzene rings is 3. The van der Waals surface area contributed by atoms with E-state index in [1.807, 2.05) is 53.1 Å². The summed E-state index contributed by atoms with van der Waals surface area (Å²) in [5, 5.41) is 15.4. The van der Waals surface area contributed by atoms with Crippen LogP contribution >= 0.6 is 0 Å². The average Bonchev–Trinajstić information content (AvgIpc) is 3.23. The number of nitrogens with one attached hydrogen (secondary N) is 1.